The van der Waals surface area contributed by atoms with Crippen molar-refractivity contribution in [2.24, 2.45) is 11.8 Å². The van der Waals surface area contributed by atoms with Crippen LogP contribution in [0.25, 0.3) is 0 Å². The monoisotopic (exact) mass is 248 g/mol. The number of esters is 1. The van der Waals surface area contributed by atoms with Crippen LogP contribution in [-0.4, -0.2) is 28.1 Å². The molecule has 0 saturated heterocycles. The molecular weight excluding hydrogens is 236 g/mol. The van der Waals surface area contributed by atoms with Gasteiger partial charge < -0.3 is 9.84 Å². The number of halogens is 1. The lowest BCUT2D eigenvalue weighted by Crippen LogP contribution is -2.24. The lowest BCUT2D eigenvalue weighted by Gasteiger charge is -2.15. The summed E-state index contributed by atoms with van der Waals surface area (Å²) < 4.78 is 5.25. The lowest BCUT2D eigenvalue weighted by molar-refractivity contribution is -0.148. The van der Waals surface area contributed by atoms with E-state index < -0.39 is 0 Å². The van der Waals surface area contributed by atoms with Gasteiger partial charge in [-0.15, -0.1) is 0 Å². The van der Waals surface area contributed by atoms with E-state index in [0.717, 1.165) is 6.42 Å². The number of carbonyl (C=O) groups is 1. The summed E-state index contributed by atoms with van der Waals surface area (Å²) in [5.41, 5.74) is 0. The van der Waals surface area contributed by atoms with Gasteiger partial charge in [-0.05, 0) is 19.3 Å². The maximum absolute atomic E-state index is 11.2. The van der Waals surface area contributed by atoms with Crippen molar-refractivity contribution in [1.29, 1.82) is 0 Å². The maximum atomic E-state index is 11.2. The van der Waals surface area contributed by atoms with Gasteiger partial charge in [0.25, 0.3) is 0 Å². The number of hydrogen-bond acceptors (Lipinski definition) is 3. The molecule has 0 aliphatic heterocycles. The quantitative estimate of drug-likeness (QED) is 0.588. The van der Waals surface area contributed by atoms with Crippen LogP contribution in [0.1, 0.15) is 19.8 Å². The van der Waals surface area contributed by atoms with Crippen molar-refractivity contribution in [2.45, 2.75) is 36.8 Å². The van der Waals surface area contributed by atoms with Crippen LogP contribution >= 0.6 is 15.9 Å². The van der Waals surface area contributed by atoms with Gasteiger partial charge in [0, 0.05) is 12.3 Å². The highest BCUT2D eigenvalue weighted by atomic mass is 79.9. The number of aliphatic hydroxyl groups excluding tert-OH is 1. The minimum absolute atomic E-state index is 0.0347. The Morgan fingerprint density at radius 2 is 2.23 bits per heavy atom. The van der Waals surface area contributed by atoms with Crippen LogP contribution in [0.15, 0.2) is 0 Å². The summed E-state index contributed by atoms with van der Waals surface area (Å²) in [6.45, 7) is 1.75. The average Bonchev–Trinajstić information content (AvgIpc) is 2.76. The molecule has 0 aromatic heterocycles. The summed E-state index contributed by atoms with van der Waals surface area (Å²) >= 11 is 3.16. The Morgan fingerprint density at radius 3 is 2.62 bits per heavy atom. The Labute approximate surface area is 85.6 Å². The fraction of sp³-hybridized carbons (Fsp3) is 0.889. The normalized spacial score (nSPS) is 43.9. The summed E-state index contributed by atoms with van der Waals surface area (Å²) in [5, 5.41) is 9.46. The highest BCUT2D eigenvalue weighted by Gasteiger charge is 2.55. The van der Waals surface area contributed by atoms with Crippen LogP contribution in [-0.2, 0) is 9.53 Å². The van der Waals surface area contributed by atoms with E-state index in [1.54, 1.807) is 6.92 Å². The Hall–Kier alpha value is -0.0900. The molecule has 13 heavy (non-hydrogen) atoms. The molecule has 0 aromatic carbocycles. The summed E-state index contributed by atoms with van der Waals surface area (Å²) in [7, 11) is 0. The zero-order valence-electron chi connectivity index (χ0n) is 7.44. The first kappa shape index (κ1) is 9.46. The molecule has 0 amide bonds. The van der Waals surface area contributed by atoms with E-state index in [1.165, 1.54) is 0 Å². The molecule has 0 heterocycles. The maximum Gasteiger partial charge on any atom is 0.319 e. The smallest absolute Gasteiger partial charge is 0.319 e. The molecule has 2 aliphatic carbocycles. The minimum atomic E-state index is -0.248. The number of rotatable bonds is 2. The highest BCUT2D eigenvalue weighted by molar-refractivity contribution is 9.10. The van der Waals surface area contributed by atoms with Crippen molar-refractivity contribution < 1.29 is 14.6 Å². The van der Waals surface area contributed by atoms with Crippen LogP contribution in [0.2, 0.25) is 0 Å². The molecule has 0 bridgehead atoms. The average molecular weight is 249 g/mol. The van der Waals surface area contributed by atoms with Crippen molar-refractivity contribution in [3.05, 3.63) is 0 Å². The Bertz CT molecular complexity index is 229. The fourth-order valence-corrected chi connectivity index (χ4v) is 2.18. The lowest BCUT2D eigenvalue weighted by atomic mass is 10.2. The number of aliphatic hydroxyl groups is 1. The molecular formula is C9H13BrO3. The number of fused-ring (bicyclic) bond motifs is 1. The van der Waals surface area contributed by atoms with Crippen molar-refractivity contribution in [3.63, 3.8) is 0 Å². The van der Waals surface area contributed by atoms with Crippen molar-refractivity contribution in [1.82, 2.24) is 0 Å². The summed E-state index contributed by atoms with van der Waals surface area (Å²) in [6.07, 6.45) is 1.37. The first-order valence-electron chi connectivity index (χ1n) is 4.62. The third-order valence-electron chi connectivity index (χ3n) is 2.93. The molecule has 0 unspecified atom stereocenters. The van der Waals surface area contributed by atoms with E-state index >= 15 is 0 Å². The van der Waals surface area contributed by atoms with Gasteiger partial charge in [0.2, 0.25) is 0 Å². The van der Waals surface area contributed by atoms with Crippen LogP contribution in [0.3, 0.4) is 0 Å². The van der Waals surface area contributed by atoms with E-state index in [0.29, 0.717) is 18.3 Å². The van der Waals surface area contributed by atoms with Crippen LogP contribution in [0.5, 0.6) is 0 Å². The van der Waals surface area contributed by atoms with Gasteiger partial charge in [0.15, 0.2) is 0 Å². The first-order valence-corrected chi connectivity index (χ1v) is 5.54. The topological polar surface area (TPSA) is 46.5 Å². The molecule has 2 saturated carbocycles. The van der Waals surface area contributed by atoms with Crippen molar-refractivity contribution >= 4 is 21.9 Å². The molecule has 3 nitrogen and oxygen atoms in total. The molecule has 1 N–H and O–H groups in total. The highest BCUT2D eigenvalue weighted by Crippen LogP contribution is 2.53. The van der Waals surface area contributed by atoms with Crippen LogP contribution in [0, 0.1) is 11.8 Å². The summed E-state index contributed by atoms with van der Waals surface area (Å²) in [5.74, 6) is 0.624. The summed E-state index contributed by atoms with van der Waals surface area (Å²) in [6, 6.07) is 0. The standard InChI is InChI=1S/C9H13BrO3/c1-4(10)9(12)13-8-3-7(11)5-2-6(5)8/h4-8,11H,2-3H2,1H3/t4-,5-,6+,7-,8+/m0/s1. The van der Waals surface area contributed by atoms with Gasteiger partial charge >= 0.3 is 5.97 Å². The molecule has 2 fully saturated rings. The van der Waals surface area contributed by atoms with E-state index in [4.69, 9.17) is 4.74 Å². The van der Waals surface area contributed by atoms with Gasteiger partial charge in [-0.1, -0.05) is 15.9 Å². The zero-order valence-corrected chi connectivity index (χ0v) is 9.03. The zero-order chi connectivity index (χ0) is 9.59. The second kappa shape index (κ2) is 3.24. The first-order chi connectivity index (χ1) is 6.09. The fourth-order valence-electron chi connectivity index (χ4n) is 2.07. The molecule has 2 rings (SSSR count). The Morgan fingerprint density at radius 1 is 1.54 bits per heavy atom. The number of ether oxygens (including phenoxy) is 1. The van der Waals surface area contributed by atoms with Gasteiger partial charge in [0.1, 0.15) is 10.9 Å². The van der Waals surface area contributed by atoms with E-state index in [9.17, 15) is 9.90 Å². The van der Waals surface area contributed by atoms with E-state index in [2.05, 4.69) is 15.9 Å². The molecule has 0 aromatic rings. The third kappa shape index (κ3) is 1.74. The van der Waals surface area contributed by atoms with Crippen LogP contribution < -0.4 is 0 Å². The summed E-state index contributed by atoms with van der Waals surface area (Å²) in [4.78, 5) is 11.0. The molecule has 2 aliphatic rings. The molecule has 4 heteroatoms. The van der Waals surface area contributed by atoms with Crippen molar-refractivity contribution in [3.8, 4) is 0 Å². The Kier molecular flexibility index (Phi) is 2.36. The van der Waals surface area contributed by atoms with Gasteiger partial charge in [0.05, 0.1) is 6.10 Å². The minimum Gasteiger partial charge on any atom is -0.461 e. The predicted octanol–water partition coefficient (Wildman–Crippen LogP) is 1.08. The van der Waals surface area contributed by atoms with Crippen LogP contribution in [0.4, 0.5) is 0 Å². The SMILES string of the molecule is C[C@H](Br)C(=O)O[C@@H]1C[C@H](O)[C@H]2C[C@H]21. The number of hydrogen-bond donors (Lipinski definition) is 1. The second-order valence-electron chi connectivity index (χ2n) is 3.96. The molecule has 0 radical (unpaired) electrons. The second-order valence-corrected chi connectivity index (χ2v) is 5.33. The van der Waals surface area contributed by atoms with E-state index in [-0.39, 0.29) is 23.0 Å². The number of alkyl halides is 1. The predicted molar refractivity (Wildman–Crippen MR) is 50.5 cm³/mol. The van der Waals surface area contributed by atoms with E-state index in [1.807, 2.05) is 0 Å². The third-order valence-corrected chi connectivity index (χ3v) is 3.30. The van der Waals surface area contributed by atoms with Gasteiger partial charge in [-0.3, -0.25) is 4.79 Å². The molecule has 0 spiro atoms. The largest absolute Gasteiger partial charge is 0.461 e. The van der Waals surface area contributed by atoms with Gasteiger partial charge in [-0.2, -0.15) is 0 Å². The molecule has 74 valence electrons. The van der Waals surface area contributed by atoms with Gasteiger partial charge in [-0.25, -0.2) is 0 Å². The number of carbonyl (C=O) groups excluding carboxylic acids is 1. The van der Waals surface area contributed by atoms with Crippen molar-refractivity contribution in [2.75, 3.05) is 0 Å². The Balaban J connectivity index is 1.86. The molecule has 5 atom stereocenters.